The van der Waals surface area contributed by atoms with E-state index in [0.717, 1.165) is 12.1 Å². The van der Waals surface area contributed by atoms with Gasteiger partial charge in [-0.15, -0.1) is 0 Å². The third kappa shape index (κ3) is 2.66. The number of halogens is 3. The second-order valence-electron chi connectivity index (χ2n) is 3.66. The van der Waals surface area contributed by atoms with E-state index in [2.05, 4.69) is 4.98 Å². The van der Waals surface area contributed by atoms with E-state index in [1.165, 1.54) is 0 Å². The number of rotatable bonds is 3. The molecule has 1 aliphatic carbocycles. The molecule has 0 unspecified atom stereocenters. The van der Waals surface area contributed by atoms with Crippen molar-refractivity contribution >= 4 is 5.97 Å². The monoisotopic (exact) mass is 247 g/mol. The fourth-order valence-electron chi connectivity index (χ4n) is 1.23. The maximum Gasteiger partial charge on any atom is 0.437 e. The summed E-state index contributed by atoms with van der Waals surface area (Å²) in [5.41, 5.74) is -1.94. The van der Waals surface area contributed by atoms with E-state index in [4.69, 9.17) is 9.84 Å². The highest BCUT2D eigenvalue weighted by Gasteiger charge is 2.38. The van der Waals surface area contributed by atoms with Crippen LogP contribution in [0.4, 0.5) is 13.2 Å². The average Bonchev–Trinajstić information content (AvgIpc) is 3.00. The Hall–Kier alpha value is -1.79. The number of carboxylic acids is 1. The Labute approximate surface area is 94.0 Å². The molecule has 1 aliphatic rings. The average molecular weight is 247 g/mol. The molecular weight excluding hydrogens is 239 g/mol. The van der Waals surface area contributed by atoms with Crippen molar-refractivity contribution in [3.63, 3.8) is 0 Å². The molecule has 0 radical (unpaired) electrons. The summed E-state index contributed by atoms with van der Waals surface area (Å²) in [5, 5.41) is 8.59. The van der Waals surface area contributed by atoms with Crippen molar-refractivity contribution in [1.82, 2.24) is 4.98 Å². The maximum atomic E-state index is 12.6. The van der Waals surface area contributed by atoms with E-state index in [-0.39, 0.29) is 6.10 Å². The second kappa shape index (κ2) is 3.90. The van der Waals surface area contributed by atoms with Gasteiger partial charge in [-0.3, -0.25) is 0 Å². The third-order valence-electron chi connectivity index (χ3n) is 2.16. The van der Waals surface area contributed by atoms with Crippen LogP contribution in [0, 0.1) is 0 Å². The van der Waals surface area contributed by atoms with Gasteiger partial charge in [0.25, 0.3) is 0 Å². The van der Waals surface area contributed by atoms with Gasteiger partial charge in [0.1, 0.15) is 5.69 Å². The van der Waals surface area contributed by atoms with Crippen LogP contribution in [0.25, 0.3) is 0 Å². The zero-order valence-corrected chi connectivity index (χ0v) is 8.49. The Morgan fingerprint density at radius 3 is 2.53 bits per heavy atom. The predicted octanol–water partition coefficient (Wildman–Crippen LogP) is 2.34. The molecule has 17 heavy (non-hydrogen) atoms. The van der Waals surface area contributed by atoms with Crippen molar-refractivity contribution in [2.45, 2.75) is 25.1 Å². The van der Waals surface area contributed by atoms with Gasteiger partial charge in [0.05, 0.1) is 6.10 Å². The summed E-state index contributed by atoms with van der Waals surface area (Å²) >= 11 is 0. The Bertz CT molecular complexity index is 455. The van der Waals surface area contributed by atoms with Gasteiger partial charge in [0.15, 0.2) is 11.4 Å². The summed E-state index contributed by atoms with van der Waals surface area (Å²) in [7, 11) is 0. The first-order chi connectivity index (χ1) is 7.88. The zero-order chi connectivity index (χ0) is 12.6. The van der Waals surface area contributed by atoms with Gasteiger partial charge < -0.3 is 9.84 Å². The minimum atomic E-state index is -4.73. The molecule has 0 aliphatic heterocycles. The topological polar surface area (TPSA) is 59.4 Å². The number of ether oxygens (including phenoxy) is 1. The van der Waals surface area contributed by atoms with Crippen molar-refractivity contribution in [1.29, 1.82) is 0 Å². The maximum absolute atomic E-state index is 12.6. The smallest absolute Gasteiger partial charge is 0.437 e. The summed E-state index contributed by atoms with van der Waals surface area (Å²) in [5.74, 6) is -1.92. The van der Waals surface area contributed by atoms with E-state index < -0.39 is 29.3 Å². The van der Waals surface area contributed by atoms with Crippen molar-refractivity contribution in [3.05, 3.63) is 23.5 Å². The number of carboxylic acid groups (broad SMARTS) is 1. The lowest BCUT2D eigenvalue weighted by Gasteiger charge is -2.12. The molecule has 92 valence electrons. The van der Waals surface area contributed by atoms with Gasteiger partial charge in [-0.05, 0) is 25.0 Å². The summed E-state index contributed by atoms with van der Waals surface area (Å²) in [6.07, 6.45) is -3.53. The number of alkyl halides is 3. The lowest BCUT2D eigenvalue weighted by atomic mass is 10.2. The van der Waals surface area contributed by atoms with Crippen LogP contribution >= 0.6 is 0 Å². The zero-order valence-electron chi connectivity index (χ0n) is 8.49. The van der Waals surface area contributed by atoms with E-state index in [1.54, 1.807) is 0 Å². The minimum Gasteiger partial charge on any atom is -0.488 e. The van der Waals surface area contributed by atoms with Crippen LogP contribution in [-0.4, -0.2) is 22.2 Å². The number of aromatic carboxylic acids is 1. The number of carbonyl (C=O) groups is 1. The van der Waals surface area contributed by atoms with Crippen LogP contribution in [0.15, 0.2) is 12.1 Å². The Morgan fingerprint density at radius 2 is 2.06 bits per heavy atom. The highest BCUT2D eigenvalue weighted by Crippen LogP contribution is 2.37. The molecule has 1 heterocycles. The summed E-state index contributed by atoms with van der Waals surface area (Å²) in [6.45, 7) is 0. The van der Waals surface area contributed by atoms with E-state index in [0.29, 0.717) is 12.8 Å². The number of aromatic nitrogens is 1. The fraction of sp³-hybridized carbons (Fsp3) is 0.400. The predicted molar refractivity (Wildman–Crippen MR) is 49.8 cm³/mol. The van der Waals surface area contributed by atoms with Crippen LogP contribution in [0.3, 0.4) is 0 Å². The standard InChI is InChI=1S/C10H8F3NO3/c11-10(12,13)8-7(17-5-1-2-5)4-3-6(14-8)9(15)16/h3-5H,1-2H2,(H,15,16). The highest BCUT2D eigenvalue weighted by molar-refractivity contribution is 5.85. The summed E-state index contributed by atoms with van der Waals surface area (Å²) in [6, 6.07) is 1.99. The highest BCUT2D eigenvalue weighted by atomic mass is 19.4. The van der Waals surface area contributed by atoms with Crippen molar-refractivity contribution < 1.29 is 27.8 Å². The Morgan fingerprint density at radius 1 is 1.41 bits per heavy atom. The molecule has 1 saturated carbocycles. The van der Waals surface area contributed by atoms with Gasteiger partial charge in [-0.1, -0.05) is 0 Å². The van der Waals surface area contributed by atoms with E-state index in [9.17, 15) is 18.0 Å². The summed E-state index contributed by atoms with van der Waals surface area (Å²) < 4.78 is 42.9. The van der Waals surface area contributed by atoms with Crippen LogP contribution in [0.5, 0.6) is 5.75 Å². The quantitative estimate of drug-likeness (QED) is 0.890. The molecule has 7 heteroatoms. The molecule has 0 amide bonds. The van der Waals surface area contributed by atoms with Crippen LogP contribution in [0.2, 0.25) is 0 Å². The van der Waals surface area contributed by atoms with Gasteiger partial charge >= 0.3 is 12.1 Å². The Balaban J connectivity index is 2.39. The largest absolute Gasteiger partial charge is 0.488 e. The van der Waals surface area contributed by atoms with Crippen molar-refractivity contribution in [2.24, 2.45) is 0 Å². The SMILES string of the molecule is O=C(O)c1ccc(OC2CC2)c(C(F)(F)F)n1. The van der Waals surface area contributed by atoms with Gasteiger partial charge in [0, 0.05) is 0 Å². The molecular formula is C10H8F3NO3. The molecule has 0 spiro atoms. The molecule has 0 saturated heterocycles. The van der Waals surface area contributed by atoms with Crippen LogP contribution in [-0.2, 0) is 6.18 Å². The van der Waals surface area contributed by atoms with Crippen molar-refractivity contribution in [3.8, 4) is 5.75 Å². The van der Waals surface area contributed by atoms with Crippen LogP contribution < -0.4 is 4.74 Å². The molecule has 0 aromatic carbocycles. The number of hydrogen-bond donors (Lipinski definition) is 1. The molecule has 4 nitrogen and oxygen atoms in total. The number of hydrogen-bond acceptors (Lipinski definition) is 3. The molecule has 0 atom stereocenters. The minimum absolute atomic E-state index is 0.214. The van der Waals surface area contributed by atoms with E-state index in [1.807, 2.05) is 0 Å². The van der Waals surface area contributed by atoms with Gasteiger partial charge in [-0.2, -0.15) is 13.2 Å². The Kier molecular flexibility index (Phi) is 2.68. The number of pyridine rings is 1. The first-order valence-electron chi connectivity index (χ1n) is 4.86. The van der Waals surface area contributed by atoms with E-state index >= 15 is 0 Å². The molecule has 1 aromatic rings. The van der Waals surface area contributed by atoms with Gasteiger partial charge in [-0.25, -0.2) is 9.78 Å². The van der Waals surface area contributed by atoms with Crippen molar-refractivity contribution in [2.75, 3.05) is 0 Å². The van der Waals surface area contributed by atoms with Crippen LogP contribution in [0.1, 0.15) is 29.0 Å². The van der Waals surface area contributed by atoms with Gasteiger partial charge in [0.2, 0.25) is 0 Å². The molecule has 0 bridgehead atoms. The third-order valence-corrected chi connectivity index (χ3v) is 2.16. The second-order valence-corrected chi connectivity index (χ2v) is 3.66. The lowest BCUT2D eigenvalue weighted by molar-refractivity contribution is -0.142. The molecule has 1 fully saturated rings. The molecule has 1 N–H and O–H groups in total. The molecule has 2 rings (SSSR count). The lowest BCUT2D eigenvalue weighted by Crippen LogP contribution is -2.15. The fourth-order valence-corrected chi connectivity index (χ4v) is 1.23. The normalized spacial score (nSPS) is 15.7. The summed E-state index contributed by atoms with van der Waals surface area (Å²) in [4.78, 5) is 13.6. The first-order valence-corrected chi connectivity index (χ1v) is 4.86. The number of nitrogens with zero attached hydrogens (tertiary/aromatic N) is 1. The first kappa shape index (κ1) is 11.7. The molecule has 1 aromatic heterocycles.